The summed E-state index contributed by atoms with van der Waals surface area (Å²) in [6.07, 6.45) is 0.410. The molecule has 4 rings (SSSR count). The van der Waals surface area contributed by atoms with Crippen LogP contribution in [0.4, 0.5) is 9.59 Å². The van der Waals surface area contributed by atoms with Crippen molar-refractivity contribution in [2.75, 3.05) is 26.2 Å². The topological polar surface area (TPSA) is 125 Å². The highest BCUT2D eigenvalue weighted by Crippen LogP contribution is 2.33. The highest BCUT2D eigenvalue weighted by atomic mass is 32.2. The van der Waals surface area contributed by atoms with E-state index in [-0.39, 0.29) is 43.1 Å². The minimum absolute atomic E-state index is 0.0544. The van der Waals surface area contributed by atoms with Gasteiger partial charge in [0, 0.05) is 39.8 Å². The van der Waals surface area contributed by atoms with E-state index in [1.54, 1.807) is 35.2 Å². The normalized spacial score (nSPS) is 23.1. The van der Waals surface area contributed by atoms with Crippen molar-refractivity contribution >= 4 is 30.3 Å². The summed E-state index contributed by atoms with van der Waals surface area (Å²) in [5.74, 6) is -0.0544. The molecule has 10 nitrogen and oxygen atoms in total. The first-order valence-electron chi connectivity index (χ1n) is 15.1. The number of sulfonamides is 1. The second-order valence-electron chi connectivity index (χ2n) is 12.7. The lowest BCUT2D eigenvalue weighted by atomic mass is 9.94. The number of carbonyl (C=O) groups is 2. The van der Waals surface area contributed by atoms with Gasteiger partial charge in [-0.05, 0) is 55.3 Å². The number of hydrogen-bond acceptors (Lipinski definition) is 7. The van der Waals surface area contributed by atoms with Gasteiger partial charge >= 0.3 is 12.2 Å². The number of aliphatic hydroxyl groups is 1. The fourth-order valence-electron chi connectivity index (χ4n) is 5.74. The zero-order chi connectivity index (χ0) is 31.0. The summed E-state index contributed by atoms with van der Waals surface area (Å²) >= 11 is 0. The van der Waals surface area contributed by atoms with Crippen molar-refractivity contribution in [1.29, 1.82) is 0 Å². The Morgan fingerprint density at radius 2 is 1.63 bits per heavy atom. The summed E-state index contributed by atoms with van der Waals surface area (Å²) in [7, 11) is -5.15. The van der Waals surface area contributed by atoms with Gasteiger partial charge in [0.1, 0.15) is 6.61 Å². The number of ether oxygens (including phenoxy) is 2. The summed E-state index contributed by atoms with van der Waals surface area (Å²) in [5.41, 5.74) is 0.870. The van der Waals surface area contributed by atoms with E-state index in [4.69, 9.17) is 9.47 Å². The van der Waals surface area contributed by atoms with Crippen molar-refractivity contribution in [3.63, 3.8) is 0 Å². The van der Waals surface area contributed by atoms with Crippen LogP contribution in [0.25, 0.3) is 0 Å². The van der Waals surface area contributed by atoms with Gasteiger partial charge in [-0.2, -0.15) is 4.31 Å². The maximum Gasteiger partial charge on any atom is 0.410 e. The average Bonchev–Trinajstić information content (AvgIpc) is 3.33. The molecule has 1 heterocycles. The molecule has 2 aliphatic rings. The third kappa shape index (κ3) is 9.53. The van der Waals surface area contributed by atoms with E-state index in [1.807, 2.05) is 30.3 Å². The number of nitrogens with zero attached hydrogens (tertiary/aromatic N) is 2. The molecule has 1 aliphatic heterocycles. The Labute approximate surface area is 256 Å². The lowest BCUT2D eigenvalue weighted by molar-refractivity contribution is 0.0672. The minimum atomic E-state index is -3.81. The first kappa shape index (κ1) is 33.0. The van der Waals surface area contributed by atoms with Crippen molar-refractivity contribution in [2.45, 2.75) is 81.1 Å². The van der Waals surface area contributed by atoms with Gasteiger partial charge in [0.2, 0.25) is 10.0 Å². The molecule has 4 unspecified atom stereocenters. The van der Waals surface area contributed by atoms with Crippen LogP contribution < -0.4 is 5.32 Å². The Morgan fingerprint density at radius 1 is 0.953 bits per heavy atom. The summed E-state index contributed by atoms with van der Waals surface area (Å²) in [6, 6.07) is 17.8. The number of nitrogens with one attached hydrogen (secondary N) is 1. The number of hydrogen-bond donors (Lipinski definition) is 2. The molecule has 2 fully saturated rings. The third-order valence-electron chi connectivity index (χ3n) is 8.17. The molecule has 236 valence electrons. The molecule has 0 radical (unpaired) electrons. The zero-order valence-electron chi connectivity index (χ0n) is 25.4. The monoisotopic (exact) mass is 631 g/mol. The Kier molecular flexibility index (Phi) is 11.3. The molecule has 4 atom stereocenters. The smallest absolute Gasteiger partial charge is 0.410 e. The van der Waals surface area contributed by atoms with Gasteiger partial charge in [0.15, 0.2) is 0 Å². The Balaban J connectivity index is 1.42. The number of piperazine rings is 1. The summed E-state index contributed by atoms with van der Waals surface area (Å²) < 4.78 is 39.9. The Bertz CT molecular complexity index is 1310. The first-order valence-corrected chi connectivity index (χ1v) is 20.2. The average molecular weight is 632 g/mol. The Hall–Kier alpha value is -2.93. The number of alkyl carbamates (subject to hydrolysis) is 1. The molecule has 0 aromatic heterocycles. The van der Waals surface area contributed by atoms with E-state index in [0.29, 0.717) is 32.3 Å². The van der Waals surface area contributed by atoms with Crippen LogP contribution in [0.3, 0.4) is 0 Å². The number of amides is 2. The van der Waals surface area contributed by atoms with Crippen molar-refractivity contribution in [2.24, 2.45) is 5.92 Å². The predicted octanol–water partition coefficient (Wildman–Crippen LogP) is 4.68. The van der Waals surface area contributed by atoms with Gasteiger partial charge < -0.3 is 24.8 Å². The van der Waals surface area contributed by atoms with Crippen LogP contribution in [0.15, 0.2) is 65.6 Å². The van der Waals surface area contributed by atoms with E-state index in [9.17, 15) is 23.1 Å². The van der Waals surface area contributed by atoms with Gasteiger partial charge in [-0.15, -0.1) is 0 Å². The van der Waals surface area contributed by atoms with Crippen molar-refractivity contribution in [3.05, 3.63) is 66.2 Å². The molecule has 1 aliphatic carbocycles. The van der Waals surface area contributed by atoms with Crippen molar-refractivity contribution < 1.29 is 32.6 Å². The number of rotatable bonds is 11. The summed E-state index contributed by atoms with van der Waals surface area (Å²) in [4.78, 5) is 27.3. The number of aliphatic hydroxyl groups excluding tert-OH is 1. The Morgan fingerprint density at radius 3 is 2.30 bits per heavy atom. The van der Waals surface area contributed by atoms with Crippen LogP contribution in [0.5, 0.6) is 0 Å². The number of benzene rings is 2. The molecule has 1 saturated carbocycles. The second-order valence-corrected chi connectivity index (χ2v) is 20.2. The molecule has 2 aromatic carbocycles. The van der Waals surface area contributed by atoms with Crippen LogP contribution in [0.2, 0.25) is 25.7 Å². The van der Waals surface area contributed by atoms with Gasteiger partial charge in [0.25, 0.3) is 0 Å². The largest absolute Gasteiger partial charge is 0.450 e. The molecule has 43 heavy (non-hydrogen) atoms. The fourth-order valence-corrected chi connectivity index (χ4v) is 8.11. The van der Waals surface area contributed by atoms with Crippen molar-refractivity contribution in [3.8, 4) is 0 Å². The van der Waals surface area contributed by atoms with E-state index in [2.05, 4.69) is 25.0 Å². The van der Waals surface area contributed by atoms with Crippen LogP contribution in [0.1, 0.15) is 31.2 Å². The van der Waals surface area contributed by atoms with E-state index < -0.39 is 42.4 Å². The van der Waals surface area contributed by atoms with Gasteiger partial charge in [-0.1, -0.05) is 68.2 Å². The maximum atomic E-state index is 13.7. The van der Waals surface area contributed by atoms with Crippen LogP contribution >= 0.6 is 0 Å². The molecule has 0 bridgehead atoms. The summed E-state index contributed by atoms with van der Waals surface area (Å²) in [5, 5.41) is 13.4. The molecule has 2 amide bonds. The van der Waals surface area contributed by atoms with Gasteiger partial charge in [-0.3, -0.25) is 0 Å². The maximum absolute atomic E-state index is 13.7. The minimum Gasteiger partial charge on any atom is -0.450 e. The standard InChI is InChI=1S/C31H45N3O7SSi/c1-43(2,3)19-18-40-30(36)32-29-21-27(35)20-25(29)14-15-26-22-33(31(37)41-23-24-10-6-4-7-11-24)16-17-34(26)42(38,39)28-12-8-5-9-13-28/h4-13,25-27,29,35H,14-23H2,1-3H3,(H,32,36). The van der Waals surface area contributed by atoms with E-state index in [0.717, 1.165) is 11.6 Å². The molecule has 0 spiro atoms. The highest BCUT2D eigenvalue weighted by Gasteiger charge is 2.40. The van der Waals surface area contributed by atoms with E-state index >= 15 is 0 Å². The lowest BCUT2D eigenvalue weighted by Gasteiger charge is -2.40. The van der Waals surface area contributed by atoms with Crippen LogP contribution in [-0.2, 0) is 26.1 Å². The molecule has 12 heteroatoms. The molecule has 2 N–H and O–H groups in total. The van der Waals surface area contributed by atoms with Gasteiger partial charge in [0.05, 0.1) is 17.6 Å². The van der Waals surface area contributed by atoms with E-state index in [1.165, 1.54) is 4.31 Å². The summed E-state index contributed by atoms with van der Waals surface area (Å²) in [6.45, 7) is 7.69. The van der Waals surface area contributed by atoms with Crippen LogP contribution in [-0.4, -0.2) is 87.4 Å². The predicted molar refractivity (Wildman–Crippen MR) is 167 cm³/mol. The van der Waals surface area contributed by atoms with Gasteiger partial charge in [-0.25, -0.2) is 18.0 Å². The number of carbonyl (C=O) groups excluding carboxylic acids is 2. The SMILES string of the molecule is C[Si](C)(C)CCOC(=O)NC1CC(O)CC1CCC1CN(C(=O)OCc2ccccc2)CCN1S(=O)(=O)c1ccccc1. The van der Waals surface area contributed by atoms with Crippen LogP contribution in [0, 0.1) is 5.92 Å². The first-order chi connectivity index (χ1) is 20.4. The molecule has 2 aromatic rings. The fraction of sp³-hybridized carbons (Fsp3) is 0.548. The molecular formula is C31H45N3O7SSi. The third-order valence-corrected chi connectivity index (χ3v) is 11.8. The van der Waals surface area contributed by atoms with Crippen molar-refractivity contribution in [1.82, 2.24) is 14.5 Å². The molecular weight excluding hydrogens is 587 g/mol. The highest BCUT2D eigenvalue weighted by molar-refractivity contribution is 7.89. The quantitative estimate of drug-likeness (QED) is 0.345. The second kappa shape index (κ2) is 14.7. The lowest BCUT2D eigenvalue weighted by Crippen LogP contribution is -2.56. The zero-order valence-corrected chi connectivity index (χ0v) is 27.2. The molecule has 1 saturated heterocycles.